The van der Waals surface area contributed by atoms with Crippen LogP contribution in [0, 0.1) is 0 Å². The maximum absolute atomic E-state index is 2.57. The van der Waals surface area contributed by atoms with Crippen LogP contribution in [0.2, 0.25) is 13.1 Å². The van der Waals surface area contributed by atoms with Crippen molar-refractivity contribution in [1.82, 2.24) is 4.57 Å². The second-order valence-corrected chi connectivity index (χ2v) is 22.7. The van der Waals surface area contributed by atoms with Gasteiger partial charge in [0.1, 0.15) is 8.07 Å². The fourth-order valence-electron chi connectivity index (χ4n) is 11.8. The standard InChI is InChI=1S/C63H46N2Si/c1-66(2)60-30-14-11-25-55(60)63(54-24-10-13-29-59(54)65-58-28-12-9-21-52(58)53-23-16-26-56(63)61(53)65)57-27-15-22-51(62(57)66)47-35-41-50(42-36-47)64(48-37-31-45(32-38-48)43-17-5-3-6-18-43)49-39-33-46(34-40-49)44-19-7-4-8-20-44/h3-42H,1-2H3. The van der Waals surface area contributed by atoms with Crippen molar-refractivity contribution in [3.05, 3.63) is 265 Å². The fraction of sp³-hybridized carbons (Fsp3) is 0.0476. The van der Waals surface area contributed by atoms with Gasteiger partial charge >= 0.3 is 0 Å². The summed E-state index contributed by atoms with van der Waals surface area (Å²) < 4.78 is 2.54. The quantitative estimate of drug-likeness (QED) is 0.151. The van der Waals surface area contributed by atoms with Gasteiger partial charge in [0, 0.05) is 27.8 Å². The Bertz CT molecular complexity index is 3560. The van der Waals surface area contributed by atoms with E-state index in [1.807, 2.05) is 0 Å². The first-order chi connectivity index (χ1) is 32.5. The molecule has 2 aliphatic heterocycles. The van der Waals surface area contributed by atoms with Crippen LogP contribution in [-0.2, 0) is 5.41 Å². The van der Waals surface area contributed by atoms with E-state index in [1.54, 1.807) is 0 Å². The molecule has 66 heavy (non-hydrogen) atoms. The zero-order valence-electron chi connectivity index (χ0n) is 37.0. The topological polar surface area (TPSA) is 8.17 Å². The SMILES string of the molecule is C[Si]1(C)c2ccccc2C2(c3ccccc3-n3c4ccccc4c4cccc2c43)c2cccc(-c3ccc(N(c4ccc(-c5ccccc5)cc4)c4ccc(-c5ccccc5)cc4)cc3)c21. The van der Waals surface area contributed by atoms with Gasteiger partial charge in [-0.2, -0.15) is 0 Å². The zero-order chi connectivity index (χ0) is 44.0. The first-order valence-corrected chi connectivity index (χ1v) is 26.1. The van der Waals surface area contributed by atoms with Crippen molar-refractivity contribution in [2.24, 2.45) is 0 Å². The minimum atomic E-state index is -2.32. The van der Waals surface area contributed by atoms with Crippen molar-refractivity contribution < 1.29 is 0 Å². The first kappa shape index (κ1) is 38.5. The molecular formula is C63H46N2Si. The third-order valence-corrected chi connectivity index (χ3v) is 18.2. The second-order valence-electron chi connectivity index (χ2n) is 18.4. The van der Waals surface area contributed by atoms with Gasteiger partial charge in [-0.1, -0.05) is 207 Å². The van der Waals surface area contributed by atoms with E-state index < -0.39 is 13.5 Å². The lowest BCUT2D eigenvalue weighted by Crippen LogP contribution is -2.64. The Morgan fingerprint density at radius 3 is 1.48 bits per heavy atom. The van der Waals surface area contributed by atoms with Gasteiger partial charge in [-0.05, 0) is 115 Å². The largest absolute Gasteiger partial charge is 0.311 e. The van der Waals surface area contributed by atoms with Crippen LogP contribution in [0.15, 0.2) is 243 Å². The summed E-state index contributed by atoms with van der Waals surface area (Å²) in [6, 6.07) is 90.4. The summed E-state index contributed by atoms with van der Waals surface area (Å²) in [7, 11) is -2.32. The van der Waals surface area contributed by atoms with Crippen LogP contribution in [0.5, 0.6) is 0 Å². The highest BCUT2D eigenvalue weighted by Gasteiger charge is 2.53. The number of hydrogen-bond acceptors (Lipinski definition) is 1. The summed E-state index contributed by atoms with van der Waals surface area (Å²) in [5.41, 5.74) is 19.6. The van der Waals surface area contributed by atoms with Gasteiger partial charge in [0.05, 0.1) is 22.1 Å². The smallest absolute Gasteiger partial charge is 0.113 e. The predicted molar refractivity (Wildman–Crippen MR) is 280 cm³/mol. The van der Waals surface area contributed by atoms with Crippen molar-refractivity contribution in [3.8, 4) is 39.1 Å². The van der Waals surface area contributed by atoms with E-state index in [-0.39, 0.29) is 0 Å². The lowest BCUT2D eigenvalue weighted by molar-refractivity contribution is 0.732. The van der Waals surface area contributed by atoms with Gasteiger partial charge in [0.2, 0.25) is 0 Å². The van der Waals surface area contributed by atoms with Gasteiger partial charge in [0.25, 0.3) is 0 Å². The first-order valence-electron chi connectivity index (χ1n) is 23.1. The van der Waals surface area contributed by atoms with Crippen LogP contribution in [0.4, 0.5) is 17.1 Å². The summed E-state index contributed by atoms with van der Waals surface area (Å²) in [6.07, 6.45) is 0. The average molecular weight is 859 g/mol. The number of benzene rings is 10. The second kappa shape index (κ2) is 14.8. The van der Waals surface area contributed by atoms with Crippen LogP contribution < -0.4 is 15.3 Å². The van der Waals surface area contributed by atoms with Gasteiger partial charge in [0.15, 0.2) is 0 Å². The van der Waals surface area contributed by atoms with Crippen LogP contribution >= 0.6 is 0 Å². The molecular weight excluding hydrogens is 813 g/mol. The Labute approximate surface area is 387 Å². The van der Waals surface area contributed by atoms with Crippen LogP contribution in [-0.4, -0.2) is 12.6 Å². The van der Waals surface area contributed by atoms with Gasteiger partial charge < -0.3 is 9.47 Å². The lowest BCUT2D eigenvalue weighted by atomic mass is 9.62. The Morgan fingerprint density at radius 2 is 0.833 bits per heavy atom. The van der Waals surface area contributed by atoms with Crippen molar-refractivity contribution >= 4 is 57.3 Å². The molecule has 0 fully saturated rings. The Balaban J connectivity index is 0.995. The number of anilines is 3. The molecule has 0 bridgehead atoms. The molecule has 0 saturated carbocycles. The molecule has 3 heteroatoms. The van der Waals surface area contributed by atoms with Gasteiger partial charge in [-0.25, -0.2) is 0 Å². The van der Waals surface area contributed by atoms with E-state index >= 15 is 0 Å². The summed E-state index contributed by atoms with van der Waals surface area (Å²) in [4.78, 5) is 2.39. The van der Waals surface area contributed by atoms with E-state index in [9.17, 15) is 0 Å². The van der Waals surface area contributed by atoms with Crippen molar-refractivity contribution in [3.63, 3.8) is 0 Å². The molecule has 1 spiro atoms. The normalized spacial score (nSPS) is 15.3. The monoisotopic (exact) mass is 858 g/mol. The number of hydrogen-bond donors (Lipinski definition) is 0. The fourth-order valence-corrected chi connectivity index (χ4v) is 15.4. The molecule has 11 aromatic rings. The Morgan fingerprint density at radius 1 is 0.364 bits per heavy atom. The summed E-state index contributed by atoms with van der Waals surface area (Å²) >= 11 is 0. The van der Waals surface area contributed by atoms with Crippen molar-refractivity contribution in [2.75, 3.05) is 4.90 Å². The van der Waals surface area contributed by atoms with Crippen LogP contribution in [0.25, 0.3) is 60.9 Å². The molecule has 312 valence electrons. The molecule has 10 aromatic carbocycles. The zero-order valence-corrected chi connectivity index (χ0v) is 38.0. The Hall–Kier alpha value is -7.98. The van der Waals surface area contributed by atoms with E-state index in [0.29, 0.717) is 0 Å². The number of fused-ring (bicyclic) bond motifs is 11. The summed E-state index contributed by atoms with van der Waals surface area (Å²) in [5, 5.41) is 5.61. The number of aromatic nitrogens is 1. The highest BCUT2D eigenvalue weighted by atomic mass is 28.3. The molecule has 0 aliphatic carbocycles. The molecule has 13 rings (SSSR count). The molecule has 0 saturated heterocycles. The molecule has 1 atom stereocenters. The highest BCUT2D eigenvalue weighted by Crippen LogP contribution is 2.55. The average Bonchev–Trinajstić information content (AvgIpc) is 3.73. The predicted octanol–water partition coefficient (Wildman–Crippen LogP) is 15.1. The van der Waals surface area contributed by atoms with E-state index in [2.05, 4.69) is 265 Å². The molecule has 3 heterocycles. The number of para-hydroxylation sites is 3. The minimum Gasteiger partial charge on any atom is -0.311 e. The molecule has 2 nitrogen and oxygen atoms in total. The molecule has 0 N–H and O–H groups in total. The van der Waals surface area contributed by atoms with Gasteiger partial charge in [-0.15, -0.1) is 0 Å². The van der Waals surface area contributed by atoms with Crippen LogP contribution in [0.3, 0.4) is 0 Å². The molecule has 1 unspecified atom stereocenters. The highest BCUT2D eigenvalue weighted by molar-refractivity contribution is 7.02. The van der Waals surface area contributed by atoms with Crippen molar-refractivity contribution in [1.29, 1.82) is 0 Å². The van der Waals surface area contributed by atoms with Crippen molar-refractivity contribution in [2.45, 2.75) is 18.5 Å². The molecule has 2 aliphatic rings. The maximum Gasteiger partial charge on any atom is 0.113 e. The number of rotatable bonds is 6. The Kier molecular flexibility index (Phi) is 8.62. The van der Waals surface area contributed by atoms with Gasteiger partial charge in [-0.3, -0.25) is 0 Å². The molecule has 0 radical (unpaired) electrons. The third-order valence-electron chi connectivity index (χ3n) is 14.6. The number of nitrogens with zero attached hydrogens (tertiary/aromatic N) is 2. The summed E-state index contributed by atoms with van der Waals surface area (Å²) in [6.45, 7) is 5.14. The maximum atomic E-state index is 2.57. The summed E-state index contributed by atoms with van der Waals surface area (Å²) in [5.74, 6) is 0. The molecule has 1 aromatic heterocycles. The van der Waals surface area contributed by atoms with Crippen LogP contribution in [0.1, 0.15) is 22.3 Å². The minimum absolute atomic E-state index is 0.514. The van der Waals surface area contributed by atoms with E-state index in [0.717, 1.165) is 17.1 Å². The molecule has 0 amide bonds. The lowest BCUT2D eigenvalue weighted by Gasteiger charge is -2.50. The van der Waals surface area contributed by atoms with E-state index in [1.165, 1.54) is 93.5 Å². The third kappa shape index (κ3) is 5.54. The van der Waals surface area contributed by atoms with E-state index in [4.69, 9.17) is 0 Å².